The Kier molecular flexibility index (Phi) is 12.6. The molecule has 0 aliphatic heterocycles. The lowest BCUT2D eigenvalue weighted by Crippen LogP contribution is -2.07. The van der Waals surface area contributed by atoms with Gasteiger partial charge in [-0.3, -0.25) is 19.4 Å². The molecule has 0 aromatic carbocycles. The second kappa shape index (κ2) is 13.8. The number of aryl methyl sites for hydroxylation is 1. The highest BCUT2D eigenvalue weighted by Crippen LogP contribution is 2.31. The van der Waals surface area contributed by atoms with Crippen LogP contribution in [0.25, 0.3) is 0 Å². The van der Waals surface area contributed by atoms with E-state index in [4.69, 9.17) is 26.9 Å². The van der Waals surface area contributed by atoms with Gasteiger partial charge < -0.3 is 15.3 Å². The lowest BCUT2D eigenvalue weighted by molar-refractivity contribution is -0.138. The van der Waals surface area contributed by atoms with Gasteiger partial charge in [0.25, 0.3) is 0 Å². The summed E-state index contributed by atoms with van der Waals surface area (Å²) in [6.07, 6.45) is 0.455. The van der Waals surface area contributed by atoms with Gasteiger partial charge in [0.1, 0.15) is 0 Å². The number of nitrogens with zero attached hydrogens (tertiary/aromatic N) is 1. The molecule has 0 atom stereocenters. The highest BCUT2D eigenvalue weighted by molar-refractivity contribution is 6.31. The fraction of sp³-hybridized carbons (Fsp3) is 0.556. The number of pyridine rings is 1. The Morgan fingerprint density at radius 1 is 0.862 bits per heavy atom. The van der Waals surface area contributed by atoms with Gasteiger partial charge in [-0.25, -0.2) is 0 Å². The fourth-order valence-electron chi connectivity index (χ4n) is 2.11. The topological polar surface area (TPSA) is 125 Å². The van der Waals surface area contributed by atoms with E-state index >= 15 is 0 Å². The predicted octanol–water partition coefficient (Wildman–Crippen LogP) is 4.66. The zero-order valence-electron chi connectivity index (χ0n) is 15.5. The van der Waals surface area contributed by atoms with Crippen LogP contribution in [-0.4, -0.2) is 38.2 Å². The van der Waals surface area contributed by atoms with Gasteiger partial charge in [0.2, 0.25) is 0 Å². The van der Waals surface area contributed by atoms with Crippen molar-refractivity contribution in [2.75, 3.05) is 0 Å². The number of carboxylic acid groups (broad SMARTS) is 3. The molecular weight excluding hydrogens is 419 g/mol. The molecule has 164 valence electrons. The Morgan fingerprint density at radius 3 is 1.69 bits per heavy atom. The van der Waals surface area contributed by atoms with Gasteiger partial charge in [-0.2, -0.15) is 13.2 Å². The van der Waals surface area contributed by atoms with Gasteiger partial charge in [-0.15, -0.1) is 0 Å². The van der Waals surface area contributed by atoms with Crippen LogP contribution < -0.4 is 0 Å². The summed E-state index contributed by atoms with van der Waals surface area (Å²) in [5, 5.41) is 24.9. The second-order valence-electron chi connectivity index (χ2n) is 6.10. The Hall–Kier alpha value is -2.36. The average molecular weight is 442 g/mol. The van der Waals surface area contributed by atoms with Gasteiger partial charge >= 0.3 is 24.1 Å². The number of hydrogen-bond donors (Lipinski definition) is 3. The summed E-state index contributed by atoms with van der Waals surface area (Å²) in [5.41, 5.74) is -0.798. The number of rotatable bonds is 11. The number of carboxylic acids is 3. The summed E-state index contributed by atoms with van der Waals surface area (Å²) in [6, 6.07) is 0.742. The molecule has 0 saturated heterocycles. The average Bonchev–Trinajstić information content (AvgIpc) is 2.59. The van der Waals surface area contributed by atoms with Crippen molar-refractivity contribution in [1.29, 1.82) is 0 Å². The van der Waals surface area contributed by atoms with Crippen LogP contribution in [0.2, 0.25) is 5.02 Å². The molecular formula is C18H23ClF3NO6. The minimum Gasteiger partial charge on any atom is -0.481 e. The van der Waals surface area contributed by atoms with E-state index in [2.05, 4.69) is 4.98 Å². The van der Waals surface area contributed by atoms with E-state index < -0.39 is 29.6 Å². The summed E-state index contributed by atoms with van der Waals surface area (Å²) >= 11 is 5.56. The van der Waals surface area contributed by atoms with Crippen molar-refractivity contribution in [1.82, 2.24) is 4.98 Å². The number of carbonyl (C=O) groups is 3. The van der Waals surface area contributed by atoms with Crippen molar-refractivity contribution < 1.29 is 42.9 Å². The maximum Gasteiger partial charge on any atom is 0.417 e. The van der Waals surface area contributed by atoms with Crippen LogP contribution in [0.15, 0.2) is 12.3 Å². The number of unbranched alkanes of at least 4 members (excludes halogenated alkanes) is 4. The first-order valence-corrected chi connectivity index (χ1v) is 9.18. The molecule has 1 heterocycles. The number of aliphatic carboxylic acids is 3. The lowest BCUT2D eigenvalue weighted by atomic mass is 10.1. The minimum absolute atomic E-state index is 0.00625. The minimum atomic E-state index is -4.50. The summed E-state index contributed by atoms with van der Waals surface area (Å²) in [7, 11) is 0. The van der Waals surface area contributed by atoms with Crippen LogP contribution in [-0.2, 0) is 27.0 Å². The number of alkyl halides is 3. The first-order chi connectivity index (χ1) is 13.4. The van der Waals surface area contributed by atoms with E-state index in [9.17, 15) is 27.6 Å². The molecule has 0 bridgehead atoms. The molecule has 0 saturated carbocycles. The Bertz CT molecular complexity index is 664. The zero-order chi connectivity index (χ0) is 22.4. The highest BCUT2D eigenvalue weighted by atomic mass is 35.5. The molecule has 1 aromatic heterocycles. The van der Waals surface area contributed by atoms with Crippen LogP contribution in [0.5, 0.6) is 0 Å². The second-order valence-corrected chi connectivity index (χ2v) is 6.51. The van der Waals surface area contributed by atoms with Crippen molar-refractivity contribution >= 4 is 29.5 Å². The lowest BCUT2D eigenvalue weighted by Gasteiger charge is -2.08. The first kappa shape index (κ1) is 26.6. The third-order valence-electron chi connectivity index (χ3n) is 3.60. The van der Waals surface area contributed by atoms with Crippen molar-refractivity contribution in [3.05, 3.63) is 28.5 Å². The molecule has 0 spiro atoms. The maximum atomic E-state index is 12.2. The normalized spacial score (nSPS) is 10.8. The molecule has 0 amide bonds. The first-order valence-electron chi connectivity index (χ1n) is 8.80. The Labute approximate surface area is 170 Å². The molecule has 0 unspecified atom stereocenters. The SMILES string of the molecule is O=C(O)CCCCCCCC(=O)O.O=C(O)CCc1ncc(C(F)(F)F)cc1Cl. The molecule has 1 rings (SSSR count). The molecule has 0 radical (unpaired) electrons. The summed E-state index contributed by atoms with van der Waals surface area (Å²) in [5.74, 6) is -2.58. The van der Waals surface area contributed by atoms with E-state index in [1.807, 2.05) is 0 Å². The maximum absolute atomic E-state index is 12.2. The van der Waals surface area contributed by atoms with E-state index in [0.717, 1.165) is 25.3 Å². The zero-order valence-corrected chi connectivity index (χ0v) is 16.3. The van der Waals surface area contributed by atoms with Gasteiger partial charge in [0.15, 0.2) is 0 Å². The smallest absolute Gasteiger partial charge is 0.417 e. The van der Waals surface area contributed by atoms with Crippen LogP contribution >= 0.6 is 11.6 Å². The number of aromatic nitrogens is 1. The fourth-order valence-corrected chi connectivity index (χ4v) is 2.37. The van der Waals surface area contributed by atoms with Gasteiger partial charge in [-0.05, 0) is 18.9 Å². The van der Waals surface area contributed by atoms with Crippen LogP contribution in [0.3, 0.4) is 0 Å². The van der Waals surface area contributed by atoms with Crippen LogP contribution in [0.4, 0.5) is 13.2 Å². The molecule has 0 aliphatic rings. The monoisotopic (exact) mass is 441 g/mol. The molecule has 3 N–H and O–H groups in total. The molecule has 0 fully saturated rings. The van der Waals surface area contributed by atoms with E-state index in [1.54, 1.807) is 0 Å². The quantitative estimate of drug-likeness (QED) is 0.426. The predicted molar refractivity (Wildman–Crippen MR) is 97.8 cm³/mol. The number of hydrogen-bond acceptors (Lipinski definition) is 4. The van der Waals surface area contributed by atoms with Crippen molar-refractivity contribution in [2.24, 2.45) is 0 Å². The van der Waals surface area contributed by atoms with Crippen LogP contribution in [0, 0.1) is 0 Å². The van der Waals surface area contributed by atoms with Gasteiger partial charge in [-0.1, -0.05) is 30.9 Å². The van der Waals surface area contributed by atoms with E-state index in [0.29, 0.717) is 19.0 Å². The Balaban J connectivity index is 0.000000555. The third-order valence-corrected chi connectivity index (χ3v) is 3.93. The molecule has 29 heavy (non-hydrogen) atoms. The van der Waals surface area contributed by atoms with Gasteiger partial charge in [0.05, 0.1) is 22.7 Å². The summed E-state index contributed by atoms with van der Waals surface area (Å²) in [6.45, 7) is 0. The molecule has 0 aliphatic carbocycles. The standard InChI is InChI=1S/C9H7ClF3NO2.C9H16O4/c10-6-3-5(9(11,12)13)4-14-7(6)1-2-8(15)16;10-8(11)6-4-2-1-3-5-7-9(12)13/h3-4H,1-2H2,(H,15,16);1-7H2,(H,10,11)(H,12,13). The highest BCUT2D eigenvalue weighted by Gasteiger charge is 2.31. The Morgan fingerprint density at radius 2 is 1.31 bits per heavy atom. The van der Waals surface area contributed by atoms with Crippen molar-refractivity contribution in [3.63, 3.8) is 0 Å². The van der Waals surface area contributed by atoms with Crippen molar-refractivity contribution in [2.45, 2.75) is 64.0 Å². The third kappa shape index (κ3) is 14.3. The van der Waals surface area contributed by atoms with Crippen molar-refractivity contribution in [3.8, 4) is 0 Å². The molecule has 11 heteroatoms. The summed E-state index contributed by atoms with van der Waals surface area (Å²) in [4.78, 5) is 34.0. The van der Waals surface area contributed by atoms with E-state index in [1.165, 1.54) is 0 Å². The summed E-state index contributed by atoms with van der Waals surface area (Å²) < 4.78 is 36.7. The van der Waals surface area contributed by atoms with E-state index in [-0.39, 0.29) is 36.4 Å². The molecule has 1 aromatic rings. The van der Waals surface area contributed by atoms with Gasteiger partial charge in [0, 0.05) is 25.5 Å². The van der Waals surface area contributed by atoms with Crippen LogP contribution in [0.1, 0.15) is 62.6 Å². The largest absolute Gasteiger partial charge is 0.481 e. The molecule has 7 nitrogen and oxygen atoms in total. The number of halogens is 4.